The first kappa shape index (κ1) is 14.5. The summed E-state index contributed by atoms with van der Waals surface area (Å²) in [5, 5.41) is 3.24. The van der Waals surface area contributed by atoms with E-state index in [4.69, 9.17) is 4.74 Å². The fourth-order valence-electron chi connectivity index (χ4n) is 1.88. The van der Waals surface area contributed by atoms with Crippen molar-refractivity contribution in [2.45, 2.75) is 40.2 Å². The van der Waals surface area contributed by atoms with Crippen LogP contribution < -0.4 is 5.32 Å². The molecule has 1 aliphatic rings. The van der Waals surface area contributed by atoms with Crippen molar-refractivity contribution < 1.29 is 9.53 Å². The molecule has 1 saturated heterocycles. The van der Waals surface area contributed by atoms with Crippen molar-refractivity contribution in [3.63, 3.8) is 0 Å². The first-order valence-electron chi connectivity index (χ1n) is 6.62. The second-order valence-electron chi connectivity index (χ2n) is 5.48. The molecule has 0 spiro atoms. The summed E-state index contributed by atoms with van der Waals surface area (Å²) in [6.07, 6.45) is 1.08. The lowest BCUT2D eigenvalue weighted by Crippen LogP contribution is -2.35. The van der Waals surface area contributed by atoms with Crippen LogP contribution in [0.1, 0.15) is 34.1 Å². The number of rotatable bonds is 7. The van der Waals surface area contributed by atoms with E-state index >= 15 is 0 Å². The minimum Gasteiger partial charge on any atom is -0.380 e. The number of carbonyl (C=O) groups excluding carboxylic acids is 1. The highest BCUT2D eigenvalue weighted by atomic mass is 16.5. The Kier molecular flexibility index (Phi) is 5.92. The second kappa shape index (κ2) is 6.97. The third-order valence-corrected chi connectivity index (χ3v) is 3.09. The molecular weight excluding hydrogens is 216 g/mol. The molecule has 0 aliphatic carbocycles. The molecule has 0 bridgehead atoms. The lowest BCUT2D eigenvalue weighted by atomic mass is 10.1. The third-order valence-electron chi connectivity index (χ3n) is 3.09. The summed E-state index contributed by atoms with van der Waals surface area (Å²) in [6.45, 7) is 11.3. The molecule has 1 atom stereocenters. The standard InChI is InChI=1S/C13H26N2O2/c1-10(2)5-7-17-8-6-15-9-14-12(11(3)4)13(15)16/h10-12,14H,5-9H2,1-4H3. The van der Waals surface area contributed by atoms with E-state index in [2.05, 4.69) is 33.0 Å². The summed E-state index contributed by atoms with van der Waals surface area (Å²) < 4.78 is 5.53. The van der Waals surface area contributed by atoms with Gasteiger partial charge in [0, 0.05) is 13.2 Å². The SMILES string of the molecule is CC(C)CCOCCN1CNC(C(C)C)C1=O. The number of ether oxygens (including phenoxy) is 1. The smallest absolute Gasteiger partial charge is 0.241 e. The highest BCUT2D eigenvalue weighted by Crippen LogP contribution is 2.11. The van der Waals surface area contributed by atoms with E-state index in [0.29, 0.717) is 31.7 Å². The van der Waals surface area contributed by atoms with E-state index in [1.165, 1.54) is 0 Å². The molecule has 0 radical (unpaired) electrons. The van der Waals surface area contributed by atoms with Crippen molar-refractivity contribution in [1.29, 1.82) is 0 Å². The van der Waals surface area contributed by atoms with Crippen molar-refractivity contribution >= 4 is 5.91 Å². The highest BCUT2D eigenvalue weighted by Gasteiger charge is 2.32. The molecule has 17 heavy (non-hydrogen) atoms. The molecule has 4 heteroatoms. The number of nitrogens with one attached hydrogen (secondary N) is 1. The van der Waals surface area contributed by atoms with Crippen LogP contribution in [0.5, 0.6) is 0 Å². The molecule has 0 aromatic rings. The maximum atomic E-state index is 11.9. The maximum absolute atomic E-state index is 11.9. The van der Waals surface area contributed by atoms with Crippen LogP contribution in [0.4, 0.5) is 0 Å². The zero-order valence-corrected chi connectivity index (χ0v) is 11.5. The Morgan fingerprint density at radius 3 is 2.59 bits per heavy atom. The van der Waals surface area contributed by atoms with Crippen LogP contribution in [-0.4, -0.2) is 43.3 Å². The Hall–Kier alpha value is -0.610. The molecule has 1 fully saturated rings. The van der Waals surface area contributed by atoms with Crippen LogP contribution >= 0.6 is 0 Å². The fraction of sp³-hybridized carbons (Fsp3) is 0.923. The quantitative estimate of drug-likeness (QED) is 0.687. The lowest BCUT2D eigenvalue weighted by molar-refractivity contribution is -0.130. The molecule has 1 unspecified atom stereocenters. The van der Waals surface area contributed by atoms with Crippen LogP contribution in [0.15, 0.2) is 0 Å². The van der Waals surface area contributed by atoms with Gasteiger partial charge < -0.3 is 9.64 Å². The molecule has 0 saturated carbocycles. The van der Waals surface area contributed by atoms with Crippen LogP contribution in [0.3, 0.4) is 0 Å². The summed E-state index contributed by atoms with van der Waals surface area (Å²) in [5.74, 6) is 1.25. The molecule has 0 aromatic heterocycles. The summed E-state index contributed by atoms with van der Waals surface area (Å²) in [7, 11) is 0. The van der Waals surface area contributed by atoms with E-state index in [-0.39, 0.29) is 11.9 Å². The van der Waals surface area contributed by atoms with Gasteiger partial charge >= 0.3 is 0 Å². The van der Waals surface area contributed by atoms with E-state index in [0.717, 1.165) is 13.0 Å². The van der Waals surface area contributed by atoms with Crippen molar-refractivity contribution in [3.05, 3.63) is 0 Å². The summed E-state index contributed by atoms with van der Waals surface area (Å²) in [6, 6.07) is -0.00864. The molecule has 0 aromatic carbocycles. The normalized spacial score (nSPS) is 20.9. The van der Waals surface area contributed by atoms with E-state index < -0.39 is 0 Å². The van der Waals surface area contributed by atoms with Gasteiger partial charge in [-0.2, -0.15) is 0 Å². The number of carbonyl (C=O) groups is 1. The Bertz CT molecular complexity index is 242. The van der Waals surface area contributed by atoms with Crippen LogP contribution in [0.2, 0.25) is 0 Å². The summed E-state index contributed by atoms with van der Waals surface area (Å²) in [5.41, 5.74) is 0. The lowest BCUT2D eigenvalue weighted by Gasteiger charge is -2.16. The zero-order valence-electron chi connectivity index (χ0n) is 11.5. The van der Waals surface area contributed by atoms with E-state index in [1.54, 1.807) is 0 Å². The van der Waals surface area contributed by atoms with Crippen molar-refractivity contribution in [2.24, 2.45) is 11.8 Å². The van der Waals surface area contributed by atoms with E-state index in [9.17, 15) is 4.79 Å². The molecule has 100 valence electrons. The number of hydrogen-bond donors (Lipinski definition) is 1. The number of amides is 1. The predicted octanol–water partition coefficient (Wildman–Crippen LogP) is 1.46. The molecule has 1 amide bonds. The van der Waals surface area contributed by atoms with Gasteiger partial charge in [-0.15, -0.1) is 0 Å². The predicted molar refractivity (Wildman–Crippen MR) is 68.6 cm³/mol. The van der Waals surface area contributed by atoms with Gasteiger partial charge in [-0.05, 0) is 18.3 Å². The highest BCUT2D eigenvalue weighted by molar-refractivity contribution is 5.83. The van der Waals surface area contributed by atoms with Gasteiger partial charge in [-0.25, -0.2) is 0 Å². The van der Waals surface area contributed by atoms with Gasteiger partial charge in [0.1, 0.15) is 0 Å². The Morgan fingerprint density at radius 2 is 2.06 bits per heavy atom. The third kappa shape index (κ3) is 4.64. The van der Waals surface area contributed by atoms with Gasteiger partial charge in [0.05, 0.1) is 19.3 Å². The fourth-order valence-corrected chi connectivity index (χ4v) is 1.88. The van der Waals surface area contributed by atoms with Crippen molar-refractivity contribution in [3.8, 4) is 0 Å². The van der Waals surface area contributed by atoms with Crippen LogP contribution in [0, 0.1) is 11.8 Å². The minimum absolute atomic E-state index is 0.00864. The molecule has 1 aliphatic heterocycles. The van der Waals surface area contributed by atoms with Gasteiger partial charge in [0.25, 0.3) is 0 Å². The molecule has 1 N–H and O–H groups in total. The summed E-state index contributed by atoms with van der Waals surface area (Å²) in [4.78, 5) is 13.8. The largest absolute Gasteiger partial charge is 0.380 e. The van der Waals surface area contributed by atoms with Gasteiger partial charge in [0.2, 0.25) is 5.91 Å². The van der Waals surface area contributed by atoms with Crippen LogP contribution in [-0.2, 0) is 9.53 Å². The van der Waals surface area contributed by atoms with Gasteiger partial charge in [-0.1, -0.05) is 27.7 Å². The maximum Gasteiger partial charge on any atom is 0.241 e. The number of nitrogens with zero attached hydrogens (tertiary/aromatic N) is 1. The first-order valence-corrected chi connectivity index (χ1v) is 6.62. The Morgan fingerprint density at radius 1 is 1.35 bits per heavy atom. The molecular formula is C13H26N2O2. The zero-order chi connectivity index (χ0) is 12.8. The second-order valence-corrected chi connectivity index (χ2v) is 5.48. The summed E-state index contributed by atoms with van der Waals surface area (Å²) >= 11 is 0. The monoisotopic (exact) mass is 242 g/mol. The minimum atomic E-state index is -0.00864. The first-order chi connectivity index (χ1) is 8.02. The van der Waals surface area contributed by atoms with Crippen LogP contribution in [0.25, 0.3) is 0 Å². The molecule has 1 heterocycles. The van der Waals surface area contributed by atoms with E-state index in [1.807, 2.05) is 4.90 Å². The van der Waals surface area contributed by atoms with Gasteiger partial charge in [0.15, 0.2) is 0 Å². The number of hydrogen-bond acceptors (Lipinski definition) is 3. The Balaban J connectivity index is 2.14. The molecule has 1 rings (SSSR count). The average Bonchev–Trinajstić information content (AvgIpc) is 2.59. The Labute approximate surface area is 105 Å². The van der Waals surface area contributed by atoms with Gasteiger partial charge in [-0.3, -0.25) is 10.1 Å². The average molecular weight is 242 g/mol. The molecule has 4 nitrogen and oxygen atoms in total. The topological polar surface area (TPSA) is 41.6 Å². The van der Waals surface area contributed by atoms with Crippen molar-refractivity contribution in [1.82, 2.24) is 10.2 Å². The van der Waals surface area contributed by atoms with Crippen molar-refractivity contribution in [2.75, 3.05) is 26.4 Å².